The minimum atomic E-state index is -0.667. The molecule has 0 aliphatic carbocycles. The number of anilines is 1. The molecule has 1 amide bonds. The molecular weight excluding hydrogens is 385 g/mol. The number of para-hydroxylation sites is 1. The number of aromatic nitrogens is 2. The van der Waals surface area contributed by atoms with Gasteiger partial charge in [0.05, 0.1) is 22.5 Å². The number of rotatable bonds is 5. The van der Waals surface area contributed by atoms with Crippen LogP contribution in [-0.4, -0.2) is 28.5 Å². The number of hydrogen-bond donors (Lipinski definition) is 1. The second kappa shape index (κ2) is 8.48. The van der Waals surface area contributed by atoms with Crippen molar-refractivity contribution in [3.8, 4) is 11.4 Å². The predicted molar refractivity (Wildman–Crippen MR) is 110 cm³/mol. The highest BCUT2D eigenvalue weighted by Crippen LogP contribution is 2.24. The topological polar surface area (TPSA) is 81.2 Å². The summed E-state index contributed by atoms with van der Waals surface area (Å²) in [5.74, 6) is -1.72. The van der Waals surface area contributed by atoms with Gasteiger partial charge in [-0.15, -0.1) is 0 Å². The van der Waals surface area contributed by atoms with Gasteiger partial charge in [0.15, 0.2) is 6.61 Å². The van der Waals surface area contributed by atoms with Crippen molar-refractivity contribution in [1.82, 2.24) is 9.97 Å². The fraction of sp³-hybridized carbons (Fsp3) is 0.0435. The normalized spacial score (nSPS) is 10.6. The lowest BCUT2D eigenvalue weighted by Gasteiger charge is -2.10. The van der Waals surface area contributed by atoms with Crippen molar-refractivity contribution >= 4 is 28.5 Å². The lowest BCUT2D eigenvalue weighted by Crippen LogP contribution is -2.21. The fourth-order valence-corrected chi connectivity index (χ4v) is 2.96. The summed E-state index contributed by atoms with van der Waals surface area (Å²) in [6.07, 6.45) is 1.64. The number of carbonyl (C=O) groups is 2. The van der Waals surface area contributed by atoms with Crippen molar-refractivity contribution in [2.75, 3.05) is 11.9 Å². The zero-order valence-electron chi connectivity index (χ0n) is 15.7. The molecule has 0 atom stereocenters. The number of benzene rings is 2. The van der Waals surface area contributed by atoms with Gasteiger partial charge in [0.25, 0.3) is 5.91 Å². The first-order chi connectivity index (χ1) is 14.6. The molecule has 7 heteroatoms. The van der Waals surface area contributed by atoms with Gasteiger partial charge in [-0.05, 0) is 42.5 Å². The van der Waals surface area contributed by atoms with Gasteiger partial charge in [0.1, 0.15) is 5.82 Å². The van der Waals surface area contributed by atoms with E-state index in [0.29, 0.717) is 22.3 Å². The smallest absolute Gasteiger partial charge is 0.339 e. The Labute approximate surface area is 171 Å². The van der Waals surface area contributed by atoms with Crippen molar-refractivity contribution in [3.05, 3.63) is 90.4 Å². The summed E-state index contributed by atoms with van der Waals surface area (Å²) in [4.78, 5) is 33.7. The molecule has 30 heavy (non-hydrogen) atoms. The van der Waals surface area contributed by atoms with E-state index in [9.17, 15) is 14.0 Å². The summed E-state index contributed by atoms with van der Waals surface area (Å²) >= 11 is 0. The van der Waals surface area contributed by atoms with E-state index in [0.717, 1.165) is 0 Å². The van der Waals surface area contributed by atoms with E-state index < -0.39 is 24.3 Å². The van der Waals surface area contributed by atoms with Crippen molar-refractivity contribution in [2.45, 2.75) is 0 Å². The maximum Gasteiger partial charge on any atom is 0.339 e. The molecule has 2 aromatic carbocycles. The molecule has 0 radical (unpaired) electrons. The van der Waals surface area contributed by atoms with Gasteiger partial charge in [0.2, 0.25) is 0 Å². The van der Waals surface area contributed by atoms with Gasteiger partial charge in [-0.1, -0.05) is 30.3 Å². The molecule has 0 saturated heterocycles. The van der Waals surface area contributed by atoms with Gasteiger partial charge >= 0.3 is 5.97 Å². The van der Waals surface area contributed by atoms with E-state index in [4.69, 9.17) is 4.74 Å². The molecule has 0 aliphatic heterocycles. The van der Waals surface area contributed by atoms with Crippen LogP contribution >= 0.6 is 0 Å². The van der Waals surface area contributed by atoms with Gasteiger partial charge < -0.3 is 10.1 Å². The van der Waals surface area contributed by atoms with Gasteiger partial charge in [0, 0.05) is 17.3 Å². The molecule has 2 aromatic heterocycles. The lowest BCUT2D eigenvalue weighted by atomic mass is 10.1. The summed E-state index contributed by atoms with van der Waals surface area (Å²) < 4.78 is 18.4. The number of nitrogens with zero attached hydrogens (tertiary/aromatic N) is 2. The highest BCUT2D eigenvalue weighted by molar-refractivity contribution is 6.05. The van der Waals surface area contributed by atoms with Crippen molar-refractivity contribution in [1.29, 1.82) is 0 Å². The Morgan fingerprint density at radius 1 is 0.933 bits per heavy atom. The Balaban J connectivity index is 1.56. The predicted octanol–water partition coefficient (Wildman–Crippen LogP) is 4.23. The molecule has 4 rings (SSSR count). The molecule has 1 N–H and O–H groups in total. The van der Waals surface area contributed by atoms with Crippen LogP contribution in [0.15, 0.2) is 79.0 Å². The number of nitrogens with one attached hydrogen (secondary N) is 1. The second-order valence-corrected chi connectivity index (χ2v) is 6.42. The van der Waals surface area contributed by atoms with Crippen molar-refractivity contribution in [3.63, 3.8) is 0 Å². The number of halogens is 1. The number of pyridine rings is 2. The Kier molecular flexibility index (Phi) is 5.43. The Hall–Kier alpha value is -4.13. The van der Waals surface area contributed by atoms with Crippen LogP contribution in [0, 0.1) is 5.82 Å². The molecule has 0 unspecified atom stereocenters. The monoisotopic (exact) mass is 401 g/mol. The average Bonchev–Trinajstić information content (AvgIpc) is 2.77. The number of carbonyl (C=O) groups excluding carboxylic acids is 2. The third-order valence-corrected chi connectivity index (χ3v) is 4.31. The number of esters is 1. The van der Waals surface area contributed by atoms with Crippen LogP contribution in [0.25, 0.3) is 22.3 Å². The van der Waals surface area contributed by atoms with Gasteiger partial charge in [-0.25, -0.2) is 14.2 Å². The summed E-state index contributed by atoms with van der Waals surface area (Å²) in [6.45, 7) is -0.509. The highest BCUT2D eigenvalue weighted by atomic mass is 19.1. The van der Waals surface area contributed by atoms with E-state index in [-0.39, 0.29) is 11.3 Å². The summed E-state index contributed by atoms with van der Waals surface area (Å²) in [6, 6.07) is 19.6. The fourth-order valence-electron chi connectivity index (χ4n) is 2.96. The Bertz CT molecular complexity index is 1230. The van der Waals surface area contributed by atoms with Crippen molar-refractivity contribution < 1.29 is 18.7 Å². The van der Waals surface area contributed by atoms with Crippen LogP contribution in [-0.2, 0) is 9.53 Å². The maximum atomic E-state index is 13.2. The molecule has 2 heterocycles. The molecule has 148 valence electrons. The molecule has 0 fully saturated rings. The lowest BCUT2D eigenvalue weighted by molar-refractivity contribution is -0.119. The van der Waals surface area contributed by atoms with Crippen LogP contribution in [0.1, 0.15) is 10.4 Å². The molecule has 0 saturated carbocycles. The molecule has 0 aliphatic rings. The van der Waals surface area contributed by atoms with Gasteiger partial charge in [-0.2, -0.15) is 0 Å². The van der Waals surface area contributed by atoms with Crippen LogP contribution in [0.3, 0.4) is 0 Å². The number of fused-ring (bicyclic) bond motifs is 1. The molecule has 0 spiro atoms. The van der Waals surface area contributed by atoms with Gasteiger partial charge in [-0.3, -0.25) is 9.78 Å². The van der Waals surface area contributed by atoms with Crippen LogP contribution < -0.4 is 5.32 Å². The van der Waals surface area contributed by atoms with E-state index in [2.05, 4.69) is 15.3 Å². The van der Waals surface area contributed by atoms with Crippen molar-refractivity contribution in [2.24, 2.45) is 0 Å². The number of amides is 1. The standard InChI is InChI=1S/C23H16FN3O3/c24-15-6-5-7-16(12-15)26-22(28)14-30-23(29)18-13-21(20-10-3-4-11-25-20)27-19-9-2-1-8-17(18)19/h1-13H,14H2,(H,26,28). The third-order valence-electron chi connectivity index (χ3n) is 4.31. The SMILES string of the molecule is O=C(COC(=O)c1cc(-c2ccccn2)nc2ccccc12)Nc1cccc(F)c1. The summed E-state index contributed by atoms with van der Waals surface area (Å²) in [5.41, 5.74) is 2.30. The van der Waals surface area contributed by atoms with Crippen LogP contribution in [0.2, 0.25) is 0 Å². The molecule has 0 bridgehead atoms. The largest absolute Gasteiger partial charge is 0.452 e. The zero-order chi connectivity index (χ0) is 20.9. The minimum Gasteiger partial charge on any atom is -0.452 e. The second-order valence-electron chi connectivity index (χ2n) is 6.42. The van der Waals surface area contributed by atoms with E-state index in [1.807, 2.05) is 12.1 Å². The molecule has 4 aromatic rings. The maximum absolute atomic E-state index is 13.2. The number of ether oxygens (including phenoxy) is 1. The minimum absolute atomic E-state index is 0.278. The van der Waals surface area contributed by atoms with E-state index >= 15 is 0 Å². The summed E-state index contributed by atoms with van der Waals surface area (Å²) in [7, 11) is 0. The summed E-state index contributed by atoms with van der Waals surface area (Å²) in [5, 5.41) is 3.09. The van der Waals surface area contributed by atoms with Crippen LogP contribution in [0.5, 0.6) is 0 Å². The molecule has 6 nitrogen and oxygen atoms in total. The first kappa shape index (κ1) is 19.2. The zero-order valence-corrected chi connectivity index (χ0v) is 15.7. The third kappa shape index (κ3) is 4.30. The highest BCUT2D eigenvalue weighted by Gasteiger charge is 2.17. The molecular formula is C23H16FN3O3. The first-order valence-corrected chi connectivity index (χ1v) is 9.14. The Morgan fingerprint density at radius 3 is 2.57 bits per heavy atom. The van der Waals surface area contributed by atoms with E-state index in [1.165, 1.54) is 24.3 Å². The quantitative estimate of drug-likeness (QED) is 0.506. The average molecular weight is 401 g/mol. The first-order valence-electron chi connectivity index (χ1n) is 9.14. The van der Waals surface area contributed by atoms with Crippen LogP contribution in [0.4, 0.5) is 10.1 Å². The number of hydrogen-bond acceptors (Lipinski definition) is 5. The van der Waals surface area contributed by atoms with E-state index in [1.54, 1.807) is 42.6 Å². The Morgan fingerprint density at radius 2 is 1.77 bits per heavy atom.